The lowest BCUT2D eigenvalue weighted by Crippen LogP contribution is -1.95. The highest BCUT2D eigenvalue weighted by Gasteiger charge is 2.01. The Balaban J connectivity index is 2.89. The van der Waals surface area contributed by atoms with Gasteiger partial charge < -0.3 is 4.74 Å². The first kappa shape index (κ1) is 9.36. The summed E-state index contributed by atoms with van der Waals surface area (Å²) >= 11 is 10.8. The highest BCUT2D eigenvalue weighted by molar-refractivity contribution is 6.61. The van der Waals surface area contributed by atoms with Gasteiger partial charge in [-0.25, -0.2) is 4.79 Å². The summed E-state index contributed by atoms with van der Waals surface area (Å²) in [6, 6.07) is 4.87. The molecule has 0 aliphatic carbocycles. The molecule has 0 saturated heterocycles. The van der Waals surface area contributed by atoms with Crippen LogP contribution in [0.2, 0.25) is 5.02 Å². The summed E-state index contributed by atoms with van der Waals surface area (Å²) in [6.45, 7) is 1.81. The van der Waals surface area contributed by atoms with Gasteiger partial charge in [0, 0.05) is 16.6 Å². The molecule has 0 aromatic heterocycles. The average Bonchev–Trinajstić information content (AvgIpc) is 1.96. The number of hydrogen-bond acceptors (Lipinski definition) is 2. The highest BCUT2D eigenvalue weighted by atomic mass is 35.5. The van der Waals surface area contributed by atoms with Gasteiger partial charge in [-0.05, 0) is 30.7 Å². The second-order valence-corrected chi connectivity index (χ2v) is 2.97. The van der Waals surface area contributed by atoms with Gasteiger partial charge in [0.15, 0.2) is 0 Å². The van der Waals surface area contributed by atoms with E-state index in [1.165, 1.54) is 0 Å². The third kappa shape index (κ3) is 2.40. The molecule has 0 atom stereocenters. The number of ether oxygens (including phenoxy) is 1. The molecule has 1 aromatic rings. The summed E-state index contributed by atoms with van der Waals surface area (Å²) in [6.07, 6.45) is 0. The normalized spacial score (nSPS) is 9.58. The molecule has 0 spiro atoms. The SMILES string of the molecule is Cc1cc(OC(=O)Cl)ccc1Cl. The summed E-state index contributed by atoms with van der Waals surface area (Å²) < 4.78 is 4.62. The molecule has 64 valence electrons. The third-order valence-corrected chi connectivity index (χ3v) is 1.83. The van der Waals surface area contributed by atoms with Gasteiger partial charge in [-0.3, -0.25) is 0 Å². The predicted octanol–water partition coefficient (Wildman–Crippen LogP) is 3.39. The van der Waals surface area contributed by atoms with Crippen LogP contribution in [0.25, 0.3) is 0 Å². The first-order chi connectivity index (χ1) is 5.59. The number of halogens is 2. The molecule has 1 aromatic carbocycles. The highest BCUT2D eigenvalue weighted by Crippen LogP contribution is 2.21. The van der Waals surface area contributed by atoms with Crippen LogP contribution >= 0.6 is 23.2 Å². The zero-order valence-corrected chi connectivity index (χ0v) is 7.82. The van der Waals surface area contributed by atoms with E-state index in [-0.39, 0.29) is 0 Å². The second kappa shape index (κ2) is 3.78. The van der Waals surface area contributed by atoms with Crippen LogP contribution in [0.5, 0.6) is 5.75 Å². The molecule has 0 aliphatic heterocycles. The fourth-order valence-corrected chi connectivity index (χ4v) is 0.980. The third-order valence-electron chi connectivity index (χ3n) is 1.33. The lowest BCUT2D eigenvalue weighted by atomic mass is 10.2. The van der Waals surface area contributed by atoms with Gasteiger partial charge in [0.05, 0.1) is 0 Å². The van der Waals surface area contributed by atoms with Gasteiger partial charge in [0.25, 0.3) is 0 Å². The van der Waals surface area contributed by atoms with Crippen molar-refractivity contribution in [1.29, 1.82) is 0 Å². The number of rotatable bonds is 1. The Hall–Kier alpha value is -0.730. The van der Waals surface area contributed by atoms with E-state index in [0.717, 1.165) is 5.56 Å². The Morgan fingerprint density at radius 1 is 1.50 bits per heavy atom. The van der Waals surface area contributed by atoms with E-state index in [9.17, 15) is 4.79 Å². The van der Waals surface area contributed by atoms with Crippen LogP contribution < -0.4 is 4.74 Å². The quantitative estimate of drug-likeness (QED) is 0.656. The Bertz CT molecular complexity index is 310. The zero-order chi connectivity index (χ0) is 9.14. The van der Waals surface area contributed by atoms with Crippen molar-refractivity contribution in [2.24, 2.45) is 0 Å². The van der Waals surface area contributed by atoms with Crippen molar-refractivity contribution < 1.29 is 9.53 Å². The maximum absolute atomic E-state index is 10.3. The van der Waals surface area contributed by atoms with Crippen molar-refractivity contribution in [1.82, 2.24) is 0 Å². The molecular formula is C8H6Cl2O2. The molecule has 12 heavy (non-hydrogen) atoms. The van der Waals surface area contributed by atoms with Crippen LogP contribution in [0.15, 0.2) is 18.2 Å². The van der Waals surface area contributed by atoms with Gasteiger partial charge >= 0.3 is 5.43 Å². The molecule has 0 aliphatic rings. The van der Waals surface area contributed by atoms with Crippen molar-refractivity contribution >= 4 is 28.6 Å². The van der Waals surface area contributed by atoms with Gasteiger partial charge in [-0.1, -0.05) is 11.6 Å². The largest absolute Gasteiger partial charge is 0.414 e. The Kier molecular flexibility index (Phi) is 2.95. The number of benzene rings is 1. The minimum absolute atomic E-state index is 0.400. The minimum Gasteiger partial charge on any atom is -0.414 e. The Morgan fingerprint density at radius 2 is 2.17 bits per heavy atom. The lowest BCUT2D eigenvalue weighted by Gasteiger charge is -2.01. The Morgan fingerprint density at radius 3 is 2.67 bits per heavy atom. The van der Waals surface area contributed by atoms with Gasteiger partial charge in [0.1, 0.15) is 5.75 Å². The van der Waals surface area contributed by atoms with Crippen molar-refractivity contribution in [3.8, 4) is 5.75 Å². The monoisotopic (exact) mass is 204 g/mol. The molecule has 0 saturated carbocycles. The van der Waals surface area contributed by atoms with Crippen LogP contribution in [-0.4, -0.2) is 5.43 Å². The summed E-state index contributed by atoms with van der Waals surface area (Å²) in [4.78, 5) is 10.3. The first-order valence-electron chi connectivity index (χ1n) is 3.23. The summed E-state index contributed by atoms with van der Waals surface area (Å²) in [5.74, 6) is 0.400. The van der Waals surface area contributed by atoms with E-state index < -0.39 is 5.43 Å². The van der Waals surface area contributed by atoms with Crippen LogP contribution in [-0.2, 0) is 0 Å². The van der Waals surface area contributed by atoms with Crippen LogP contribution in [0.1, 0.15) is 5.56 Å². The van der Waals surface area contributed by atoms with Crippen LogP contribution in [0.4, 0.5) is 4.79 Å². The minimum atomic E-state index is -0.850. The molecule has 4 heteroatoms. The standard InChI is InChI=1S/C8H6Cl2O2/c1-5-4-6(12-8(10)11)2-3-7(5)9/h2-4H,1H3. The van der Waals surface area contributed by atoms with Crippen molar-refractivity contribution in [3.63, 3.8) is 0 Å². The molecule has 0 unspecified atom stereocenters. The number of hydrogen-bond donors (Lipinski definition) is 0. The fraction of sp³-hybridized carbons (Fsp3) is 0.125. The van der Waals surface area contributed by atoms with Crippen molar-refractivity contribution in [2.75, 3.05) is 0 Å². The van der Waals surface area contributed by atoms with E-state index in [2.05, 4.69) is 4.74 Å². The van der Waals surface area contributed by atoms with E-state index in [1.54, 1.807) is 18.2 Å². The summed E-state index contributed by atoms with van der Waals surface area (Å²) in [5.41, 5.74) is -0.0104. The zero-order valence-electron chi connectivity index (χ0n) is 6.30. The van der Waals surface area contributed by atoms with Gasteiger partial charge in [-0.2, -0.15) is 0 Å². The van der Waals surface area contributed by atoms with E-state index >= 15 is 0 Å². The Labute approximate surface area is 80.0 Å². The first-order valence-corrected chi connectivity index (χ1v) is 3.98. The van der Waals surface area contributed by atoms with Crippen molar-refractivity contribution in [2.45, 2.75) is 6.92 Å². The van der Waals surface area contributed by atoms with E-state index in [0.29, 0.717) is 10.8 Å². The molecular weight excluding hydrogens is 199 g/mol. The fourth-order valence-electron chi connectivity index (χ4n) is 0.773. The topological polar surface area (TPSA) is 26.3 Å². The maximum atomic E-state index is 10.3. The second-order valence-electron chi connectivity index (χ2n) is 2.25. The number of carbonyl (C=O) groups excluding carboxylic acids is 1. The molecule has 2 nitrogen and oxygen atoms in total. The summed E-state index contributed by atoms with van der Waals surface area (Å²) in [5, 5.41) is 0.629. The predicted molar refractivity (Wildman–Crippen MR) is 48.1 cm³/mol. The van der Waals surface area contributed by atoms with Crippen molar-refractivity contribution in [3.05, 3.63) is 28.8 Å². The maximum Gasteiger partial charge on any atom is 0.409 e. The molecule has 0 fully saturated rings. The number of aryl methyl sites for hydroxylation is 1. The molecule has 0 amide bonds. The molecule has 0 radical (unpaired) electrons. The molecule has 0 N–H and O–H groups in total. The molecule has 1 rings (SSSR count). The van der Waals surface area contributed by atoms with Gasteiger partial charge in [-0.15, -0.1) is 0 Å². The number of carbonyl (C=O) groups is 1. The van der Waals surface area contributed by atoms with Crippen LogP contribution in [0, 0.1) is 6.92 Å². The molecule has 0 heterocycles. The van der Waals surface area contributed by atoms with Crippen LogP contribution in [0.3, 0.4) is 0 Å². The van der Waals surface area contributed by atoms with E-state index in [4.69, 9.17) is 23.2 Å². The lowest BCUT2D eigenvalue weighted by molar-refractivity contribution is 0.225. The van der Waals surface area contributed by atoms with E-state index in [1.807, 2.05) is 6.92 Å². The average molecular weight is 205 g/mol. The van der Waals surface area contributed by atoms with Gasteiger partial charge in [0.2, 0.25) is 0 Å². The summed E-state index contributed by atoms with van der Waals surface area (Å²) in [7, 11) is 0. The molecule has 0 bridgehead atoms. The smallest absolute Gasteiger partial charge is 0.409 e.